The quantitative estimate of drug-likeness (QED) is 0.526. The van der Waals surface area contributed by atoms with Gasteiger partial charge in [-0.05, 0) is 36.4 Å². The highest BCUT2D eigenvalue weighted by atomic mass is 16.2. The summed E-state index contributed by atoms with van der Waals surface area (Å²) < 4.78 is 1.62. The molecule has 2 heterocycles. The predicted molar refractivity (Wildman–Crippen MR) is 120 cm³/mol. The van der Waals surface area contributed by atoms with Crippen LogP contribution in [0.4, 0.5) is 17.2 Å². The number of carbonyl (C=O) groups excluding carboxylic acids is 2. The molecule has 31 heavy (non-hydrogen) atoms. The summed E-state index contributed by atoms with van der Waals surface area (Å²) in [5.41, 5.74) is 1.58. The molecule has 0 atom stereocenters. The number of para-hydroxylation sites is 2. The lowest BCUT2D eigenvalue weighted by Crippen LogP contribution is -2.31. The summed E-state index contributed by atoms with van der Waals surface area (Å²) in [6, 6.07) is 19.8. The summed E-state index contributed by atoms with van der Waals surface area (Å²) in [5, 5.41) is 7.45. The Morgan fingerprint density at radius 3 is 2.39 bits per heavy atom. The SMILES string of the molecule is CC(C)(C)C(=O)Nc1ccccc1C(=O)N(c1ccccc1)c1ccc2nccn2n1. The fourth-order valence-corrected chi connectivity index (χ4v) is 3.06. The van der Waals surface area contributed by atoms with E-state index in [1.807, 2.05) is 51.1 Å². The zero-order chi connectivity index (χ0) is 22.0. The monoisotopic (exact) mass is 413 g/mol. The number of benzene rings is 2. The Balaban J connectivity index is 1.80. The smallest absolute Gasteiger partial charge is 0.266 e. The van der Waals surface area contributed by atoms with Gasteiger partial charge in [-0.15, -0.1) is 5.10 Å². The van der Waals surface area contributed by atoms with Gasteiger partial charge in [-0.2, -0.15) is 0 Å². The van der Waals surface area contributed by atoms with Crippen molar-refractivity contribution in [1.29, 1.82) is 0 Å². The third-order valence-corrected chi connectivity index (χ3v) is 4.77. The Bertz CT molecular complexity index is 1240. The van der Waals surface area contributed by atoms with Crippen LogP contribution in [0.25, 0.3) is 5.65 Å². The van der Waals surface area contributed by atoms with E-state index < -0.39 is 5.41 Å². The molecule has 1 N–H and O–H groups in total. The van der Waals surface area contributed by atoms with Gasteiger partial charge in [0.15, 0.2) is 11.5 Å². The number of imidazole rings is 1. The van der Waals surface area contributed by atoms with E-state index in [2.05, 4.69) is 15.4 Å². The molecule has 4 rings (SSSR count). The molecule has 0 bridgehead atoms. The fourth-order valence-electron chi connectivity index (χ4n) is 3.06. The average Bonchev–Trinajstić information content (AvgIpc) is 3.22. The van der Waals surface area contributed by atoms with Crippen LogP contribution in [0.5, 0.6) is 0 Å². The highest BCUT2D eigenvalue weighted by Crippen LogP contribution is 2.29. The van der Waals surface area contributed by atoms with Crippen LogP contribution >= 0.6 is 0 Å². The minimum absolute atomic E-state index is 0.169. The molecule has 7 nitrogen and oxygen atoms in total. The summed E-state index contributed by atoms with van der Waals surface area (Å²) >= 11 is 0. The fraction of sp³-hybridized carbons (Fsp3) is 0.167. The number of hydrogen-bond donors (Lipinski definition) is 1. The number of nitrogens with zero attached hydrogens (tertiary/aromatic N) is 4. The largest absolute Gasteiger partial charge is 0.325 e. The molecule has 0 radical (unpaired) electrons. The second-order valence-corrected chi connectivity index (χ2v) is 8.15. The highest BCUT2D eigenvalue weighted by molar-refractivity contribution is 6.14. The van der Waals surface area contributed by atoms with Gasteiger partial charge in [0.25, 0.3) is 5.91 Å². The Hall–Kier alpha value is -4.00. The van der Waals surface area contributed by atoms with Gasteiger partial charge >= 0.3 is 0 Å². The van der Waals surface area contributed by atoms with Crippen LogP contribution in [-0.2, 0) is 4.79 Å². The zero-order valence-corrected chi connectivity index (χ0v) is 17.6. The number of hydrogen-bond acceptors (Lipinski definition) is 4. The average molecular weight is 413 g/mol. The molecule has 0 spiro atoms. The van der Waals surface area contributed by atoms with Crippen LogP contribution in [0.2, 0.25) is 0 Å². The lowest BCUT2D eigenvalue weighted by atomic mass is 9.95. The van der Waals surface area contributed by atoms with Crippen molar-refractivity contribution in [2.24, 2.45) is 5.41 Å². The summed E-state index contributed by atoms with van der Waals surface area (Å²) in [7, 11) is 0. The van der Waals surface area contributed by atoms with E-state index in [1.165, 1.54) is 4.90 Å². The summed E-state index contributed by atoms with van der Waals surface area (Å²) in [5.74, 6) is -0.0291. The molecule has 2 aromatic carbocycles. The molecule has 0 unspecified atom stereocenters. The minimum Gasteiger partial charge on any atom is -0.325 e. The van der Waals surface area contributed by atoms with Gasteiger partial charge in [-0.3, -0.25) is 14.5 Å². The zero-order valence-electron chi connectivity index (χ0n) is 17.6. The van der Waals surface area contributed by atoms with Crippen molar-refractivity contribution in [3.63, 3.8) is 0 Å². The molecule has 0 saturated carbocycles. The maximum absolute atomic E-state index is 13.8. The predicted octanol–water partition coefficient (Wildman–Crippen LogP) is 4.69. The first-order valence-electron chi connectivity index (χ1n) is 9.95. The second kappa shape index (κ2) is 8.02. The van der Waals surface area contributed by atoms with Crippen molar-refractivity contribution in [2.45, 2.75) is 20.8 Å². The van der Waals surface area contributed by atoms with E-state index in [4.69, 9.17) is 0 Å². The number of rotatable bonds is 4. The first kappa shape index (κ1) is 20.3. The molecule has 0 fully saturated rings. The molecule has 7 heteroatoms. The molecule has 0 aliphatic rings. The third-order valence-electron chi connectivity index (χ3n) is 4.77. The molecule has 0 saturated heterocycles. The number of nitrogens with one attached hydrogen (secondary N) is 1. The van der Waals surface area contributed by atoms with Gasteiger partial charge in [-0.1, -0.05) is 51.1 Å². The highest BCUT2D eigenvalue weighted by Gasteiger charge is 2.26. The van der Waals surface area contributed by atoms with Crippen molar-refractivity contribution in [3.05, 3.63) is 84.7 Å². The van der Waals surface area contributed by atoms with E-state index in [0.29, 0.717) is 28.4 Å². The Morgan fingerprint density at radius 1 is 0.935 bits per heavy atom. The van der Waals surface area contributed by atoms with Crippen molar-refractivity contribution in [2.75, 3.05) is 10.2 Å². The summed E-state index contributed by atoms with van der Waals surface area (Å²) in [6.07, 6.45) is 3.38. The van der Waals surface area contributed by atoms with Gasteiger partial charge in [-0.25, -0.2) is 9.50 Å². The third kappa shape index (κ3) is 4.16. The van der Waals surface area contributed by atoms with Crippen LogP contribution in [0.3, 0.4) is 0 Å². The van der Waals surface area contributed by atoms with E-state index in [-0.39, 0.29) is 11.8 Å². The lowest BCUT2D eigenvalue weighted by molar-refractivity contribution is -0.123. The molecule has 2 amide bonds. The van der Waals surface area contributed by atoms with Crippen molar-refractivity contribution < 1.29 is 9.59 Å². The van der Waals surface area contributed by atoms with Crippen LogP contribution < -0.4 is 10.2 Å². The molecule has 0 aliphatic heterocycles. The molecule has 4 aromatic rings. The second-order valence-electron chi connectivity index (χ2n) is 8.15. The van der Waals surface area contributed by atoms with Crippen LogP contribution in [0.1, 0.15) is 31.1 Å². The van der Waals surface area contributed by atoms with E-state index in [9.17, 15) is 9.59 Å². The maximum atomic E-state index is 13.8. The van der Waals surface area contributed by atoms with Gasteiger partial charge in [0.2, 0.25) is 5.91 Å². The van der Waals surface area contributed by atoms with Crippen molar-refractivity contribution >= 4 is 34.7 Å². The number of carbonyl (C=O) groups is 2. The molecule has 2 aromatic heterocycles. The number of amides is 2. The Kier molecular flexibility index (Phi) is 5.25. The van der Waals surface area contributed by atoms with Crippen LogP contribution in [-0.4, -0.2) is 26.4 Å². The van der Waals surface area contributed by atoms with Crippen LogP contribution in [0, 0.1) is 5.41 Å². The van der Waals surface area contributed by atoms with Gasteiger partial charge in [0.05, 0.1) is 16.9 Å². The Morgan fingerprint density at radius 2 is 1.65 bits per heavy atom. The van der Waals surface area contributed by atoms with E-state index in [0.717, 1.165) is 0 Å². The molecular formula is C24H23N5O2. The van der Waals surface area contributed by atoms with Gasteiger partial charge in [0.1, 0.15) is 0 Å². The van der Waals surface area contributed by atoms with Crippen molar-refractivity contribution in [3.8, 4) is 0 Å². The maximum Gasteiger partial charge on any atom is 0.266 e. The first-order valence-corrected chi connectivity index (χ1v) is 9.95. The Labute approximate surface area is 180 Å². The van der Waals surface area contributed by atoms with Gasteiger partial charge < -0.3 is 5.32 Å². The van der Waals surface area contributed by atoms with E-state index in [1.54, 1.807) is 53.3 Å². The van der Waals surface area contributed by atoms with E-state index >= 15 is 0 Å². The lowest BCUT2D eigenvalue weighted by Gasteiger charge is -2.24. The molecule has 156 valence electrons. The minimum atomic E-state index is -0.594. The standard InChI is InChI=1S/C24H23N5O2/c1-24(2,3)23(31)26-19-12-8-7-11-18(19)22(30)29(17-9-5-4-6-10-17)21-14-13-20-25-15-16-28(20)27-21/h4-16H,1-3H3,(H,26,31). The number of aromatic nitrogens is 3. The normalized spacial score (nSPS) is 11.3. The van der Waals surface area contributed by atoms with Crippen molar-refractivity contribution in [1.82, 2.24) is 14.6 Å². The number of anilines is 3. The number of fused-ring (bicyclic) bond motifs is 1. The topological polar surface area (TPSA) is 79.6 Å². The molecular weight excluding hydrogens is 390 g/mol. The summed E-state index contributed by atoms with van der Waals surface area (Å²) in [4.78, 5) is 32.1. The molecule has 0 aliphatic carbocycles. The van der Waals surface area contributed by atoms with Gasteiger partial charge in [0, 0.05) is 17.8 Å². The first-order chi connectivity index (χ1) is 14.8. The van der Waals surface area contributed by atoms with Crippen LogP contribution in [0.15, 0.2) is 79.1 Å². The summed E-state index contributed by atoms with van der Waals surface area (Å²) in [6.45, 7) is 5.48.